The van der Waals surface area contributed by atoms with Crippen LogP contribution in [0, 0.1) is 5.92 Å². The van der Waals surface area contributed by atoms with E-state index in [4.69, 9.17) is 11.6 Å². The maximum absolute atomic E-state index is 6.46. The number of piperazine rings is 1. The number of nitrogens with one attached hydrogen (secondary N) is 1. The first-order valence-electron chi connectivity index (χ1n) is 7.50. The maximum atomic E-state index is 6.46. The van der Waals surface area contributed by atoms with Crippen LogP contribution in [0.15, 0.2) is 22.7 Å². The Hall–Kier alpha value is -0.250. The van der Waals surface area contributed by atoms with Gasteiger partial charge in [-0.2, -0.15) is 0 Å². The second kappa shape index (κ2) is 5.51. The summed E-state index contributed by atoms with van der Waals surface area (Å²) in [7, 11) is 0. The van der Waals surface area contributed by atoms with Gasteiger partial charge < -0.3 is 10.2 Å². The highest BCUT2D eigenvalue weighted by molar-refractivity contribution is 9.10. The first-order valence-corrected chi connectivity index (χ1v) is 8.67. The minimum Gasteiger partial charge on any atom is -0.364 e. The molecule has 1 heterocycles. The van der Waals surface area contributed by atoms with Gasteiger partial charge in [-0.05, 0) is 50.3 Å². The van der Waals surface area contributed by atoms with Crippen molar-refractivity contribution in [3.05, 3.63) is 27.7 Å². The van der Waals surface area contributed by atoms with Crippen LogP contribution < -0.4 is 10.2 Å². The Morgan fingerprint density at radius 3 is 2.85 bits per heavy atom. The number of hydrogen-bond donors (Lipinski definition) is 1. The van der Waals surface area contributed by atoms with Crippen LogP contribution in [0.3, 0.4) is 0 Å². The summed E-state index contributed by atoms with van der Waals surface area (Å²) in [4.78, 5) is 2.52. The van der Waals surface area contributed by atoms with Crippen molar-refractivity contribution in [2.45, 2.75) is 44.7 Å². The topological polar surface area (TPSA) is 15.3 Å². The standard InChI is InChI=1S/C16H22BrClN2/c1-3-13-9-19-16(2,11-4-5-11)10-20(13)15-8-12(17)6-7-14(15)18/h6-8,11,13,19H,3-5,9-10H2,1-2H3. The molecule has 2 fully saturated rings. The van der Waals surface area contributed by atoms with E-state index in [0.29, 0.717) is 6.04 Å². The quantitative estimate of drug-likeness (QED) is 0.859. The molecule has 4 heteroatoms. The zero-order valence-corrected chi connectivity index (χ0v) is 14.5. The van der Waals surface area contributed by atoms with Gasteiger partial charge in [0.25, 0.3) is 0 Å². The van der Waals surface area contributed by atoms with Gasteiger partial charge in [-0.3, -0.25) is 0 Å². The van der Waals surface area contributed by atoms with E-state index in [0.717, 1.165) is 34.9 Å². The highest BCUT2D eigenvalue weighted by Gasteiger charge is 2.46. The second-order valence-electron chi connectivity index (χ2n) is 6.36. The molecule has 1 aromatic rings. The summed E-state index contributed by atoms with van der Waals surface area (Å²) in [5.74, 6) is 0.828. The highest BCUT2D eigenvalue weighted by atomic mass is 79.9. The van der Waals surface area contributed by atoms with Crippen LogP contribution >= 0.6 is 27.5 Å². The van der Waals surface area contributed by atoms with E-state index in [1.54, 1.807) is 0 Å². The van der Waals surface area contributed by atoms with Gasteiger partial charge in [0.2, 0.25) is 0 Å². The molecule has 0 amide bonds. The lowest BCUT2D eigenvalue weighted by atomic mass is 9.90. The lowest BCUT2D eigenvalue weighted by Crippen LogP contribution is -2.64. The van der Waals surface area contributed by atoms with Gasteiger partial charge in [-0.1, -0.05) is 34.5 Å². The number of halogens is 2. The number of hydrogen-bond acceptors (Lipinski definition) is 2. The zero-order valence-electron chi connectivity index (χ0n) is 12.1. The lowest BCUT2D eigenvalue weighted by molar-refractivity contribution is 0.252. The van der Waals surface area contributed by atoms with Crippen LogP contribution in [0.4, 0.5) is 5.69 Å². The van der Waals surface area contributed by atoms with Crippen LogP contribution in [0.25, 0.3) is 0 Å². The molecule has 20 heavy (non-hydrogen) atoms. The monoisotopic (exact) mass is 356 g/mol. The van der Waals surface area contributed by atoms with Gasteiger partial charge in [0, 0.05) is 29.1 Å². The molecule has 0 spiro atoms. The summed E-state index contributed by atoms with van der Waals surface area (Å²) in [5, 5.41) is 4.65. The molecule has 1 aliphatic heterocycles. The number of benzene rings is 1. The molecule has 1 aromatic carbocycles. The predicted molar refractivity (Wildman–Crippen MR) is 89.7 cm³/mol. The minimum absolute atomic E-state index is 0.233. The zero-order chi connectivity index (χ0) is 14.3. The minimum atomic E-state index is 0.233. The first kappa shape index (κ1) is 14.7. The third-order valence-corrected chi connectivity index (χ3v) is 5.66. The van der Waals surface area contributed by atoms with E-state index in [9.17, 15) is 0 Å². The average Bonchev–Trinajstić information content (AvgIpc) is 3.26. The van der Waals surface area contributed by atoms with Crippen LogP contribution in [0.2, 0.25) is 5.02 Å². The predicted octanol–water partition coefficient (Wildman–Crippen LogP) is 4.46. The number of rotatable bonds is 3. The largest absolute Gasteiger partial charge is 0.364 e. The Kier molecular flexibility index (Phi) is 4.04. The molecule has 0 radical (unpaired) electrons. The van der Waals surface area contributed by atoms with Crippen molar-refractivity contribution >= 4 is 33.2 Å². The van der Waals surface area contributed by atoms with Crippen LogP contribution in [-0.2, 0) is 0 Å². The van der Waals surface area contributed by atoms with Gasteiger partial charge in [0.15, 0.2) is 0 Å². The molecule has 2 atom stereocenters. The Morgan fingerprint density at radius 2 is 2.20 bits per heavy atom. The van der Waals surface area contributed by atoms with Crippen LogP contribution in [-0.4, -0.2) is 24.7 Å². The molecule has 1 aliphatic carbocycles. The normalized spacial score (nSPS) is 30.6. The molecule has 1 saturated heterocycles. The lowest BCUT2D eigenvalue weighted by Gasteiger charge is -2.48. The summed E-state index contributed by atoms with van der Waals surface area (Å²) in [6.07, 6.45) is 3.86. The maximum Gasteiger partial charge on any atom is 0.0640 e. The number of anilines is 1. The fourth-order valence-corrected chi connectivity index (χ4v) is 3.92. The summed E-state index contributed by atoms with van der Waals surface area (Å²) in [6.45, 7) is 6.72. The molecule has 110 valence electrons. The Bertz CT molecular complexity index is 503. The van der Waals surface area contributed by atoms with Crippen molar-refractivity contribution in [3.63, 3.8) is 0 Å². The molecule has 0 bridgehead atoms. The molecule has 2 unspecified atom stereocenters. The second-order valence-corrected chi connectivity index (χ2v) is 7.68. The SMILES string of the molecule is CCC1CNC(C)(C2CC2)CN1c1cc(Br)ccc1Cl. The van der Waals surface area contributed by atoms with E-state index in [1.807, 2.05) is 12.1 Å². The summed E-state index contributed by atoms with van der Waals surface area (Å²) in [5.41, 5.74) is 1.40. The Balaban J connectivity index is 1.92. The highest BCUT2D eigenvalue weighted by Crippen LogP contribution is 2.43. The van der Waals surface area contributed by atoms with Crippen molar-refractivity contribution in [3.8, 4) is 0 Å². The van der Waals surface area contributed by atoms with Gasteiger partial charge in [-0.25, -0.2) is 0 Å². The fraction of sp³-hybridized carbons (Fsp3) is 0.625. The van der Waals surface area contributed by atoms with Gasteiger partial charge in [0.1, 0.15) is 0 Å². The fourth-order valence-electron chi connectivity index (χ4n) is 3.35. The van der Waals surface area contributed by atoms with Crippen LogP contribution in [0.1, 0.15) is 33.1 Å². The van der Waals surface area contributed by atoms with Crippen LogP contribution in [0.5, 0.6) is 0 Å². The third-order valence-electron chi connectivity index (χ3n) is 4.85. The number of nitrogens with zero attached hydrogens (tertiary/aromatic N) is 1. The van der Waals surface area contributed by atoms with E-state index in [2.05, 4.69) is 46.1 Å². The molecule has 2 aliphatic rings. The van der Waals surface area contributed by atoms with Gasteiger partial charge in [0.05, 0.1) is 10.7 Å². The van der Waals surface area contributed by atoms with Crippen molar-refractivity contribution in [1.29, 1.82) is 0 Å². The van der Waals surface area contributed by atoms with E-state index < -0.39 is 0 Å². The Labute approximate surface area is 135 Å². The van der Waals surface area contributed by atoms with Gasteiger partial charge in [-0.15, -0.1) is 0 Å². The molecule has 2 nitrogen and oxygen atoms in total. The third kappa shape index (κ3) is 2.72. The molecule has 3 rings (SSSR count). The van der Waals surface area contributed by atoms with Crippen molar-refractivity contribution in [2.24, 2.45) is 5.92 Å². The molecular formula is C16H22BrClN2. The molecular weight excluding hydrogens is 336 g/mol. The van der Waals surface area contributed by atoms with E-state index in [1.165, 1.54) is 18.5 Å². The molecule has 0 aromatic heterocycles. The summed E-state index contributed by atoms with van der Waals surface area (Å²) < 4.78 is 1.10. The average molecular weight is 358 g/mol. The Morgan fingerprint density at radius 1 is 1.45 bits per heavy atom. The molecule has 1 saturated carbocycles. The van der Waals surface area contributed by atoms with Gasteiger partial charge >= 0.3 is 0 Å². The van der Waals surface area contributed by atoms with Crippen molar-refractivity contribution in [1.82, 2.24) is 5.32 Å². The van der Waals surface area contributed by atoms with Crippen molar-refractivity contribution < 1.29 is 0 Å². The van der Waals surface area contributed by atoms with Crippen molar-refractivity contribution in [2.75, 3.05) is 18.0 Å². The smallest absolute Gasteiger partial charge is 0.0640 e. The molecule has 1 N–H and O–H groups in total. The summed E-state index contributed by atoms with van der Waals surface area (Å²) in [6, 6.07) is 6.68. The van der Waals surface area contributed by atoms with E-state index >= 15 is 0 Å². The van der Waals surface area contributed by atoms with E-state index in [-0.39, 0.29) is 5.54 Å². The summed E-state index contributed by atoms with van der Waals surface area (Å²) >= 11 is 10.0. The first-order chi connectivity index (χ1) is 9.53.